The van der Waals surface area contributed by atoms with E-state index in [2.05, 4.69) is 0 Å². The average Bonchev–Trinajstić information content (AvgIpc) is 2.77. The van der Waals surface area contributed by atoms with Gasteiger partial charge in [-0.05, 0) is 35.4 Å². The highest BCUT2D eigenvalue weighted by molar-refractivity contribution is 5.83. The molecular weight excluding hydrogens is 390 g/mol. The zero-order valence-electron chi connectivity index (χ0n) is 16.5. The molecule has 0 radical (unpaired) electrons. The number of carbonyl (C=O) groups is 1. The van der Waals surface area contributed by atoms with Gasteiger partial charge in [0.15, 0.2) is 5.75 Å². The van der Waals surface area contributed by atoms with Crippen LogP contribution < -0.4 is 29.6 Å². The van der Waals surface area contributed by atoms with E-state index >= 15 is 0 Å². The van der Waals surface area contributed by atoms with Crippen molar-refractivity contribution in [2.45, 2.75) is 13.2 Å². The average molecular weight is 410 g/mol. The Morgan fingerprint density at radius 2 is 1.43 bits per heavy atom. The maximum absolute atomic E-state index is 12.2. The van der Waals surface area contributed by atoms with Crippen molar-refractivity contribution in [3.8, 4) is 17.2 Å². The maximum Gasteiger partial charge on any atom is 0.224 e. The van der Waals surface area contributed by atoms with E-state index in [1.807, 2.05) is 0 Å². The topological polar surface area (TPSA) is 99.1 Å². The molecule has 0 N–H and O–H groups in total. The van der Waals surface area contributed by atoms with Crippen LogP contribution in [-0.2, 0) is 13.2 Å². The maximum atomic E-state index is 12.2. The molecule has 0 amide bonds. The van der Waals surface area contributed by atoms with Gasteiger partial charge in [0.25, 0.3) is 0 Å². The number of nitrogens with zero attached hydrogens (tertiary/aromatic N) is 1. The van der Waals surface area contributed by atoms with Gasteiger partial charge in [0, 0.05) is 6.07 Å². The second-order valence-electron chi connectivity index (χ2n) is 6.26. The minimum atomic E-state index is -1.54. The van der Waals surface area contributed by atoms with Crippen LogP contribution >= 0.6 is 0 Å². The van der Waals surface area contributed by atoms with Crippen LogP contribution in [0.4, 0.5) is 0 Å². The Morgan fingerprint density at radius 1 is 0.900 bits per heavy atom. The molecule has 0 saturated heterocycles. The number of carboxylic acids is 1. The van der Waals surface area contributed by atoms with E-state index in [-0.39, 0.29) is 19.0 Å². The van der Waals surface area contributed by atoms with Crippen molar-refractivity contribution >= 4 is 5.97 Å². The van der Waals surface area contributed by atoms with Gasteiger partial charge >= 0.3 is 0 Å². The molecule has 0 saturated carbocycles. The molecule has 0 bridgehead atoms. The molecule has 0 unspecified atom stereocenters. The molecule has 0 aliphatic heterocycles. The van der Waals surface area contributed by atoms with Gasteiger partial charge in [0.05, 0.1) is 26.4 Å². The number of ether oxygens (including phenoxy) is 3. The summed E-state index contributed by atoms with van der Waals surface area (Å²) >= 11 is 0. The smallest absolute Gasteiger partial charge is 0.224 e. The number of rotatable bonds is 9. The van der Waals surface area contributed by atoms with Gasteiger partial charge in [-0.1, -0.05) is 24.3 Å². The molecule has 8 heteroatoms. The normalized spacial score (nSPS) is 10.3. The summed E-state index contributed by atoms with van der Waals surface area (Å²) < 4.78 is 16.7. The van der Waals surface area contributed by atoms with E-state index in [0.29, 0.717) is 11.5 Å². The van der Waals surface area contributed by atoms with Gasteiger partial charge in [0.2, 0.25) is 5.43 Å². The number of hydrogen-bond acceptors (Lipinski definition) is 7. The number of carbonyl (C=O) groups excluding carboxylic acids is 1. The SMILES string of the molecule is COc1ccc(COc2cn(OCc3ccc(OC)cc3)c(C(=O)[O-])cc2=O)cc1. The zero-order valence-corrected chi connectivity index (χ0v) is 16.5. The molecule has 2 aromatic carbocycles. The monoisotopic (exact) mass is 410 g/mol. The lowest BCUT2D eigenvalue weighted by Crippen LogP contribution is -2.31. The number of benzene rings is 2. The lowest BCUT2D eigenvalue weighted by Gasteiger charge is -2.17. The molecule has 1 aromatic heterocycles. The Labute approximate surface area is 172 Å². The minimum absolute atomic E-state index is 0.0504. The van der Waals surface area contributed by atoms with E-state index in [1.54, 1.807) is 62.8 Å². The molecule has 0 aliphatic rings. The van der Waals surface area contributed by atoms with E-state index in [4.69, 9.17) is 19.0 Å². The van der Waals surface area contributed by atoms with Crippen LogP contribution in [-0.4, -0.2) is 24.9 Å². The molecule has 0 spiro atoms. The van der Waals surface area contributed by atoms with E-state index in [0.717, 1.165) is 21.9 Å². The van der Waals surface area contributed by atoms with Crippen LogP contribution in [0.2, 0.25) is 0 Å². The molecule has 156 valence electrons. The van der Waals surface area contributed by atoms with Crippen molar-refractivity contribution in [2.24, 2.45) is 0 Å². The fourth-order valence-electron chi connectivity index (χ4n) is 2.61. The zero-order chi connectivity index (χ0) is 21.5. The molecular formula is C22H20NO7-. The Hall–Kier alpha value is -3.94. The standard InChI is InChI=1S/C22H21NO7/c1-27-17-7-3-15(4-8-17)13-29-21-12-23(19(22(25)26)11-20(21)24)30-14-16-5-9-18(28-2)10-6-16/h3-12H,13-14H2,1-2H3,(H,25,26)/p-1. The van der Waals surface area contributed by atoms with Crippen LogP contribution in [0.1, 0.15) is 21.6 Å². The van der Waals surface area contributed by atoms with Crippen molar-refractivity contribution in [3.63, 3.8) is 0 Å². The summed E-state index contributed by atoms with van der Waals surface area (Å²) in [4.78, 5) is 29.2. The highest BCUT2D eigenvalue weighted by Crippen LogP contribution is 2.15. The second-order valence-corrected chi connectivity index (χ2v) is 6.26. The first kappa shape index (κ1) is 20.8. The number of hydrogen-bond donors (Lipinski definition) is 0. The van der Waals surface area contributed by atoms with Gasteiger partial charge in [-0.3, -0.25) is 4.79 Å². The van der Waals surface area contributed by atoms with E-state index in [1.165, 1.54) is 6.20 Å². The first-order valence-electron chi connectivity index (χ1n) is 9.00. The predicted molar refractivity (Wildman–Crippen MR) is 106 cm³/mol. The minimum Gasteiger partial charge on any atom is -0.543 e. The highest BCUT2D eigenvalue weighted by Gasteiger charge is 2.11. The van der Waals surface area contributed by atoms with Gasteiger partial charge in [0.1, 0.15) is 30.4 Å². The Morgan fingerprint density at radius 3 is 1.93 bits per heavy atom. The van der Waals surface area contributed by atoms with Crippen molar-refractivity contribution in [1.82, 2.24) is 4.73 Å². The first-order chi connectivity index (χ1) is 14.5. The summed E-state index contributed by atoms with van der Waals surface area (Å²) in [5, 5.41) is 11.4. The van der Waals surface area contributed by atoms with Gasteiger partial charge in [-0.2, -0.15) is 4.73 Å². The largest absolute Gasteiger partial charge is 0.543 e. The van der Waals surface area contributed by atoms with Crippen LogP contribution in [0.25, 0.3) is 0 Å². The number of pyridine rings is 1. The summed E-state index contributed by atoms with van der Waals surface area (Å²) in [6.45, 7) is 0.174. The van der Waals surface area contributed by atoms with Gasteiger partial charge in [-0.25, -0.2) is 0 Å². The van der Waals surface area contributed by atoms with Crippen LogP contribution in [0.15, 0.2) is 65.6 Å². The summed E-state index contributed by atoms with van der Waals surface area (Å²) in [5.74, 6) is -0.202. The Bertz CT molecular complexity index is 1060. The van der Waals surface area contributed by atoms with Gasteiger partial charge < -0.3 is 28.9 Å². The molecule has 8 nitrogen and oxygen atoms in total. The summed E-state index contributed by atoms with van der Waals surface area (Å²) in [7, 11) is 3.13. The fraction of sp³-hybridized carbons (Fsp3) is 0.182. The van der Waals surface area contributed by atoms with Crippen LogP contribution in [0.5, 0.6) is 17.2 Å². The summed E-state index contributed by atoms with van der Waals surface area (Å²) in [6, 6.07) is 15.1. The summed E-state index contributed by atoms with van der Waals surface area (Å²) in [6.07, 6.45) is 1.19. The van der Waals surface area contributed by atoms with Crippen molar-refractivity contribution in [2.75, 3.05) is 14.2 Å². The fourth-order valence-corrected chi connectivity index (χ4v) is 2.61. The lowest BCUT2D eigenvalue weighted by atomic mass is 10.2. The molecule has 3 rings (SSSR count). The third kappa shape index (κ3) is 5.11. The third-order valence-electron chi connectivity index (χ3n) is 4.27. The van der Waals surface area contributed by atoms with E-state index < -0.39 is 17.1 Å². The molecule has 0 aliphatic carbocycles. The van der Waals surface area contributed by atoms with Crippen LogP contribution in [0.3, 0.4) is 0 Å². The third-order valence-corrected chi connectivity index (χ3v) is 4.27. The van der Waals surface area contributed by atoms with E-state index in [9.17, 15) is 14.7 Å². The molecule has 0 atom stereocenters. The van der Waals surface area contributed by atoms with Crippen molar-refractivity contribution in [3.05, 3.63) is 87.8 Å². The molecule has 3 aromatic rings. The predicted octanol–water partition coefficient (Wildman–Crippen LogP) is 1.44. The summed E-state index contributed by atoms with van der Waals surface area (Å²) in [5.41, 5.74) is 0.585. The first-order valence-corrected chi connectivity index (χ1v) is 9.00. The number of aromatic carboxylic acids is 1. The molecule has 0 fully saturated rings. The second kappa shape index (κ2) is 9.51. The number of methoxy groups -OCH3 is 2. The number of aromatic nitrogens is 1. The lowest BCUT2D eigenvalue weighted by molar-refractivity contribution is -0.256. The Kier molecular flexibility index (Phi) is 6.59. The van der Waals surface area contributed by atoms with Crippen LogP contribution in [0, 0.1) is 0 Å². The quantitative estimate of drug-likeness (QED) is 0.526. The van der Waals surface area contributed by atoms with Gasteiger partial charge in [-0.15, -0.1) is 0 Å². The molecule has 1 heterocycles. The molecule has 30 heavy (non-hydrogen) atoms. The Balaban J connectivity index is 1.76. The highest BCUT2D eigenvalue weighted by atomic mass is 16.7. The van der Waals surface area contributed by atoms with Crippen molar-refractivity contribution < 1.29 is 28.9 Å². The van der Waals surface area contributed by atoms with Crippen molar-refractivity contribution in [1.29, 1.82) is 0 Å². The number of carboxylic acid groups (broad SMARTS) is 1.